The summed E-state index contributed by atoms with van der Waals surface area (Å²) >= 11 is 0. The third-order valence-electron chi connectivity index (χ3n) is 6.64. The van der Waals surface area contributed by atoms with E-state index in [1.165, 1.54) is 7.11 Å². The Kier molecular flexibility index (Phi) is 9.29. The van der Waals surface area contributed by atoms with Crippen molar-refractivity contribution in [2.24, 2.45) is 0 Å². The summed E-state index contributed by atoms with van der Waals surface area (Å²) in [6, 6.07) is 25.1. The monoisotopic (exact) mass is 502 g/mol. The van der Waals surface area contributed by atoms with Crippen LogP contribution in [-0.2, 0) is 27.3 Å². The van der Waals surface area contributed by atoms with Gasteiger partial charge in [-0.3, -0.25) is 9.69 Å². The maximum absolute atomic E-state index is 12.8. The number of carbonyl (C=O) groups excluding carboxylic acids is 2. The average Bonchev–Trinajstić information content (AvgIpc) is 2.96. The first-order valence-corrected chi connectivity index (χ1v) is 12.5. The molecule has 0 N–H and O–H groups in total. The molecule has 1 fully saturated rings. The van der Waals surface area contributed by atoms with Crippen molar-refractivity contribution in [2.75, 3.05) is 46.9 Å². The van der Waals surface area contributed by atoms with E-state index in [-0.39, 0.29) is 18.0 Å². The molecule has 0 bridgehead atoms. The van der Waals surface area contributed by atoms with Crippen LogP contribution >= 0.6 is 0 Å². The number of carbonyl (C=O) groups is 2. The molecule has 7 nitrogen and oxygen atoms in total. The first kappa shape index (κ1) is 26.4. The fraction of sp³-hybridized carbons (Fsp3) is 0.333. The predicted octanol–water partition coefficient (Wildman–Crippen LogP) is 4.13. The third kappa shape index (κ3) is 7.41. The molecule has 37 heavy (non-hydrogen) atoms. The van der Waals surface area contributed by atoms with Crippen molar-refractivity contribution in [3.05, 3.63) is 101 Å². The molecule has 1 saturated heterocycles. The second kappa shape index (κ2) is 13.0. The minimum absolute atomic E-state index is 0.168. The van der Waals surface area contributed by atoms with Crippen LogP contribution in [0.2, 0.25) is 0 Å². The molecule has 0 radical (unpaired) electrons. The van der Waals surface area contributed by atoms with Crippen molar-refractivity contribution in [2.45, 2.75) is 19.1 Å². The lowest BCUT2D eigenvalue weighted by Gasteiger charge is -2.36. The van der Waals surface area contributed by atoms with Crippen LogP contribution in [0.5, 0.6) is 5.75 Å². The first-order chi connectivity index (χ1) is 18.1. The third-order valence-corrected chi connectivity index (χ3v) is 6.64. The van der Waals surface area contributed by atoms with Crippen LogP contribution in [0.4, 0.5) is 0 Å². The Morgan fingerprint density at radius 2 is 1.57 bits per heavy atom. The predicted molar refractivity (Wildman–Crippen MR) is 141 cm³/mol. The molecule has 0 saturated carbocycles. The molecule has 7 heteroatoms. The number of esters is 1. The number of benzene rings is 3. The molecule has 0 aliphatic carbocycles. The number of nitrogens with zero attached hydrogens (tertiary/aromatic N) is 2. The van der Waals surface area contributed by atoms with Crippen LogP contribution in [0.1, 0.15) is 33.2 Å². The van der Waals surface area contributed by atoms with Crippen molar-refractivity contribution >= 4 is 11.9 Å². The normalized spacial score (nSPS) is 14.7. The van der Waals surface area contributed by atoms with E-state index in [4.69, 9.17) is 14.2 Å². The van der Waals surface area contributed by atoms with Crippen molar-refractivity contribution in [1.29, 1.82) is 0 Å². The summed E-state index contributed by atoms with van der Waals surface area (Å²) in [6.07, 6.45) is 0.257. The van der Waals surface area contributed by atoms with Gasteiger partial charge in [0, 0.05) is 32.7 Å². The SMILES string of the molecule is COC(=O)c1ccc(COC(CN2CCN(C(=O)Cc3ccccc3)CC2)c2cccc(OC)c2)cc1. The highest BCUT2D eigenvalue weighted by molar-refractivity contribution is 5.89. The second-order valence-corrected chi connectivity index (χ2v) is 9.11. The number of piperazine rings is 1. The van der Waals surface area contributed by atoms with Gasteiger partial charge in [0.25, 0.3) is 0 Å². The Balaban J connectivity index is 1.37. The Morgan fingerprint density at radius 1 is 0.838 bits per heavy atom. The van der Waals surface area contributed by atoms with E-state index < -0.39 is 0 Å². The number of rotatable bonds is 10. The van der Waals surface area contributed by atoms with Gasteiger partial charge in [-0.15, -0.1) is 0 Å². The minimum Gasteiger partial charge on any atom is -0.497 e. The van der Waals surface area contributed by atoms with Gasteiger partial charge in [0.05, 0.1) is 38.9 Å². The number of hydrogen-bond acceptors (Lipinski definition) is 6. The van der Waals surface area contributed by atoms with Gasteiger partial charge in [-0.1, -0.05) is 54.6 Å². The summed E-state index contributed by atoms with van der Waals surface area (Å²) in [5.74, 6) is 0.592. The van der Waals surface area contributed by atoms with E-state index in [0.717, 1.165) is 35.5 Å². The summed E-state index contributed by atoms with van der Waals surface area (Å²) in [5, 5.41) is 0. The molecule has 0 aromatic heterocycles. The van der Waals surface area contributed by atoms with Crippen molar-refractivity contribution in [1.82, 2.24) is 9.80 Å². The Bertz CT molecular complexity index is 1160. The summed E-state index contributed by atoms with van der Waals surface area (Å²) in [4.78, 5) is 28.8. The van der Waals surface area contributed by atoms with Gasteiger partial charge in [0.2, 0.25) is 5.91 Å². The Hall–Kier alpha value is -3.68. The highest BCUT2D eigenvalue weighted by Gasteiger charge is 2.24. The van der Waals surface area contributed by atoms with E-state index in [1.807, 2.05) is 71.6 Å². The molecule has 3 aromatic rings. The van der Waals surface area contributed by atoms with E-state index in [0.29, 0.717) is 38.2 Å². The highest BCUT2D eigenvalue weighted by Crippen LogP contribution is 2.25. The number of ether oxygens (including phenoxy) is 3. The topological polar surface area (TPSA) is 68.3 Å². The molecule has 3 aromatic carbocycles. The van der Waals surface area contributed by atoms with E-state index >= 15 is 0 Å². The fourth-order valence-electron chi connectivity index (χ4n) is 4.44. The van der Waals surface area contributed by atoms with E-state index in [9.17, 15) is 9.59 Å². The molecule has 1 aliphatic rings. The smallest absolute Gasteiger partial charge is 0.337 e. The highest BCUT2D eigenvalue weighted by atomic mass is 16.5. The molecule has 4 rings (SSSR count). The van der Waals surface area contributed by atoms with Gasteiger partial charge in [0.15, 0.2) is 0 Å². The van der Waals surface area contributed by atoms with Crippen LogP contribution in [-0.4, -0.2) is 68.6 Å². The van der Waals surface area contributed by atoms with Gasteiger partial charge in [-0.25, -0.2) is 4.79 Å². The standard InChI is InChI=1S/C30H34N2O5/c1-35-27-10-6-9-26(20-27)28(37-22-24-11-13-25(14-12-24)30(34)36-2)21-31-15-17-32(18-16-31)29(33)19-23-7-4-3-5-8-23/h3-14,20,28H,15-19,21-22H2,1-2H3. The zero-order valence-electron chi connectivity index (χ0n) is 21.5. The molecule has 0 spiro atoms. The van der Waals surface area contributed by atoms with Crippen LogP contribution < -0.4 is 4.74 Å². The lowest BCUT2D eigenvalue weighted by molar-refractivity contribution is -0.132. The summed E-state index contributed by atoms with van der Waals surface area (Å²) in [5.41, 5.74) is 3.56. The Morgan fingerprint density at radius 3 is 2.24 bits per heavy atom. The first-order valence-electron chi connectivity index (χ1n) is 12.5. The second-order valence-electron chi connectivity index (χ2n) is 9.11. The van der Waals surface area contributed by atoms with Crippen molar-refractivity contribution < 1.29 is 23.8 Å². The molecule has 1 amide bonds. The lowest BCUT2D eigenvalue weighted by atomic mass is 10.1. The van der Waals surface area contributed by atoms with Crippen LogP contribution in [0.15, 0.2) is 78.9 Å². The molecule has 1 aliphatic heterocycles. The van der Waals surface area contributed by atoms with Crippen LogP contribution in [0.25, 0.3) is 0 Å². The largest absolute Gasteiger partial charge is 0.497 e. The van der Waals surface area contributed by atoms with E-state index in [2.05, 4.69) is 4.90 Å². The maximum Gasteiger partial charge on any atom is 0.337 e. The maximum atomic E-state index is 12.8. The van der Waals surface area contributed by atoms with Crippen LogP contribution in [0.3, 0.4) is 0 Å². The average molecular weight is 503 g/mol. The molecule has 194 valence electrons. The van der Waals surface area contributed by atoms with Crippen molar-refractivity contribution in [3.63, 3.8) is 0 Å². The van der Waals surface area contributed by atoms with Crippen LogP contribution in [0, 0.1) is 0 Å². The van der Waals surface area contributed by atoms with Gasteiger partial charge in [0.1, 0.15) is 5.75 Å². The van der Waals surface area contributed by atoms with Gasteiger partial charge in [-0.2, -0.15) is 0 Å². The minimum atomic E-state index is -0.358. The quantitative estimate of drug-likeness (QED) is 0.389. The number of amides is 1. The molecule has 1 heterocycles. The molecule has 1 atom stereocenters. The zero-order chi connectivity index (χ0) is 26.0. The molecule has 1 unspecified atom stereocenters. The van der Waals surface area contributed by atoms with E-state index in [1.54, 1.807) is 19.2 Å². The summed E-state index contributed by atoms with van der Waals surface area (Å²) in [6.45, 7) is 4.08. The number of methoxy groups -OCH3 is 2. The van der Waals surface area contributed by atoms with Gasteiger partial charge < -0.3 is 19.1 Å². The Labute approximate surface area is 218 Å². The zero-order valence-corrected chi connectivity index (χ0v) is 21.5. The molecular formula is C30H34N2O5. The summed E-state index contributed by atoms with van der Waals surface area (Å²) < 4.78 is 16.6. The number of hydrogen-bond donors (Lipinski definition) is 0. The molecular weight excluding hydrogens is 468 g/mol. The summed E-state index contributed by atoms with van der Waals surface area (Å²) in [7, 11) is 3.03. The lowest BCUT2D eigenvalue weighted by Crippen LogP contribution is -2.50. The van der Waals surface area contributed by atoms with Gasteiger partial charge in [-0.05, 0) is 41.0 Å². The van der Waals surface area contributed by atoms with Gasteiger partial charge >= 0.3 is 5.97 Å². The fourth-order valence-corrected chi connectivity index (χ4v) is 4.44. The van der Waals surface area contributed by atoms with Crippen molar-refractivity contribution in [3.8, 4) is 5.75 Å².